The van der Waals surface area contributed by atoms with Gasteiger partial charge in [0.1, 0.15) is 0 Å². The number of nitrogens with one attached hydrogen (secondary N) is 1. The summed E-state index contributed by atoms with van der Waals surface area (Å²) < 4.78 is 22.9. The second kappa shape index (κ2) is 5.78. The summed E-state index contributed by atoms with van der Waals surface area (Å²) in [5.74, 6) is -0.0961. The zero-order chi connectivity index (χ0) is 12.9. The Bertz CT molecular complexity index is 523. The number of aromatic nitrogens is 2. The zero-order valence-electron chi connectivity index (χ0n) is 9.59. The summed E-state index contributed by atoms with van der Waals surface area (Å²) in [6.07, 6.45) is 3.92. The molecule has 0 amide bonds. The Labute approximate surface area is 99.7 Å². The van der Waals surface area contributed by atoms with Crippen molar-refractivity contribution in [3.8, 4) is 0 Å². The first-order chi connectivity index (χ1) is 7.94. The molecule has 0 bridgehead atoms. The molecule has 1 rings (SSSR count). The molecule has 0 fully saturated rings. The molecule has 0 atom stereocenters. The van der Waals surface area contributed by atoms with E-state index in [0.717, 1.165) is 6.42 Å². The predicted molar refractivity (Wildman–Crippen MR) is 65.3 cm³/mol. The minimum Gasteiger partial charge on any atom is -0.364 e. The summed E-state index contributed by atoms with van der Waals surface area (Å²) >= 11 is 0. The van der Waals surface area contributed by atoms with Gasteiger partial charge in [0.2, 0.25) is 10.0 Å². The molecule has 7 nitrogen and oxygen atoms in total. The molecule has 8 heteroatoms. The Morgan fingerprint density at radius 3 is 2.82 bits per heavy atom. The molecule has 0 radical (unpaired) electrons. The number of hydrogen-bond acceptors (Lipinski definition) is 5. The summed E-state index contributed by atoms with van der Waals surface area (Å²) in [4.78, 5) is 15.6. The van der Waals surface area contributed by atoms with Gasteiger partial charge in [0.25, 0.3) is 5.56 Å². The van der Waals surface area contributed by atoms with Gasteiger partial charge in [0.15, 0.2) is 5.82 Å². The first kappa shape index (κ1) is 13.7. The van der Waals surface area contributed by atoms with Crippen molar-refractivity contribution in [2.75, 3.05) is 17.6 Å². The molecule has 0 unspecified atom stereocenters. The van der Waals surface area contributed by atoms with Crippen molar-refractivity contribution in [3.05, 3.63) is 22.7 Å². The summed E-state index contributed by atoms with van der Waals surface area (Å²) in [6, 6.07) is 0. The molecule has 0 aromatic carbocycles. The minimum absolute atomic E-state index is 0.0667. The SMILES string of the molecule is CCCn1ccnc(NCCS(N)(=O)=O)c1=O. The number of nitrogens with zero attached hydrogens (tertiary/aromatic N) is 2. The van der Waals surface area contributed by atoms with Gasteiger partial charge < -0.3 is 9.88 Å². The molecule has 17 heavy (non-hydrogen) atoms. The van der Waals surface area contributed by atoms with Crippen LogP contribution < -0.4 is 16.0 Å². The van der Waals surface area contributed by atoms with E-state index in [2.05, 4.69) is 10.3 Å². The lowest BCUT2D eigenvalue weighted by Crippen LogP contribution is -2.28. The molecule has 0 saturated carbocycles. The molecule has 0 saturated heterocycles. The Morgan fingerprint density at radius 1 is 1.53 bits per heavy atom. The predicted octanol–water partition coefficient (Wildman–Crippen LogP) is -0.646. The van der Waals surface area contributed by atoms with E-state index >= 15 is 0 Å². The highest BCUT2D eigenvalue weighted by atomic mass is 32.2. The van der Waals surface area contributed by atoms with E-state index in [0.29, 0.717) is 6.54 Å². The molecule has 1 aromatic heterocycles. The molecular weight excluding hydrogens is 244 g/mol. The van der Waals surface area contributed by atoms with E-state index in [9.17, 15) is 13.2 Å². The third-order valence-corrected chi connectivity index (χ3v) is 2.83. The van der Waals surface area contributed by atoms with Gasteiger partial charge in [-0.05, 0) is 6.42 Å². The molecule has 0 spiro atoms. The van der Waals surface area contributed by atoms with Gasteiger partial charge in [-0.3, -0.25) is 4.79 Å². The molecule has 0 aliphatic rings. The molecule has 96 valence electrons. The smallest absolute Gasteiger partial charge is 0.293 e. The highest BCUT2D eigenvalue weighted by Crippen LogP contribution is 1.94. The number of hydrogen-bond donors (Lipinski definition) is 2. The maximum Gasteiger partial charge on any atom is 0.293 e. The van der Waals surface area contributed by atoms with Crippen molar-refractivity contribution in [2.24, 2.45) is 5.14 Å². The normalized spacial score (nSPS) is 11.4. The molecular formula is C9H16N4O3S. The van der Waals surface area contributed by atoms with Crippen molar-refractivity contribution >= 4 is 15.8 Å². The summed E-state index contributed by atoms with van der Waals surface area (Å²) in [5, 5.41) is 7.51. The number of aryl methyl sites for hydroxylation is 1. The highest BCUT2D eigenvalue weighted by Gasteiger charge is 2.06. The number of anilines is 1. The quantitative estimate of drug-likeness (QED) is 0.707. The second-order valence-electron chi connectivity index (χ2n) is 3.57. The van der Waals surface area contributed by atoms with Crippen molar-refractivity contribution in [3.63, 3.8) is 0 Å². The van der Waals surface area contributed by atoms with Crippen LogP contribution in [-0.2, 0) is 16.6 Å². The monoisotopic (exact) mass is 260 g/mol. The van der Waals surface area contributed by atoms with E-state index in [1.165, 1.54) is 10.8 Å². The summed E-state index contributed by atoms with van der Waals surface area (Å²) in [5.41, 5.74) is -0.260. The van der Waals surface area contributed by atoms with Crippen molar-refractivity contribution in [1.29, 1.82) is 0 Å². The Hall–Kier alpha value is -1.41. The van der Waals surface area contributed by atoms with Gasteiger partial charge in [-0.15, -0.1) is 0 Å². The van der Waals surface area contributed by atoms with Crippen molar-refractivity contribution in [2.45, 2.75) is 19.9 Å². The maximum atomic E-state index is 11.8. The Morgan fingerprint density at radius 2 is 2.24 bits per heavy atom. The van der Waals surface area contributed by atoms with Gasteiger partial charge in [-0.1, -0.05) is 6.92 Å². The van der Waals surface area contributed by atoms with Crippen LogP contribution in [0.5, 0.6) is 0 Å². The maximum absolute atomic E-state index is 11.8. The lowest BCUT2D eigenvalue weighted by atomic mass is 10.4. The summed E-state index contributed by atoms with van der Waals surface area (Å²) in [7, 11) is -3.53. The Balaban J connectivity index is 2.72. The molecule has 1 aromatic rings. The average Bonchev–Trinajstić information content (AvgIpc) is 2.22. The first-order valence-corrected chi connectivity index (χ1v) is 6.95. The topological polar surface area (TPSA) is 107 Å². The van der Waals surface area contributed by atoms with Crippen LogP contribution in [0.15, 0.2) is 17.2 Å². The minimum atomic E-state index is -3.53. The van der Waals surface area contributed by atoms with Crippen molar-refractivity contribution in [1.82, 2.24) is 9.55 Å². The third-order valence-electron chi connectivity index (χ3n) is 2.06. The largest absolute Gasteiger partial charge is 0.364 e. The fraction of sp³-hybridized carbons (Fsp3) is 0.556. The van der Waals surface area contributed by atoms with Gasteiger partial charge in [0.05, 0.1) is 5.75 Å². The number of rotatable bonds is 6. The molecule has 0 aliphatic carbocycles. The van der Waals surface area contributed by atoms with Crippen LogP contribution in [0.3, 0.4) is 0 Å². The lowest BCUT2D eigenvalue weighted by molar-refractivity contribution is 0.598. The molecule has 1 heterocycles. The van der Waals surface area contributed by atoms with E-state index in [1.807, 2.05) is 6.92 Å². The van der Waals surface area contributed by atoms with E-state index in [1.54, 1.807) is 6.20 Å². The van der Waals surface area contributed by atoms with E-state index in [4.69, 9.17) is 5.14 Å². The van der Waals surface area contributed by atoms with Crippen LogP contribution in [-0.4, -0.2) is 30.3 Å². The van der Waals surface area contributed by atoms with Crippen molar-refractivity contribution < 1.29 is 8.42 Å². The fourth-order valence-electron chi connectivity index (χ4n) is 1.30. The lowest BCUT2D eigenvalue weighted by Gasteiger charge is -2.07. The van der Waals surface area contributed by atoms with Crippen LogP contribution >= 0.6 is 0 Å². The summed E-state index contributed by atoms with van der Waals surface area (Å²) in [6.45, 7) is 2.63. The van der Waals surface area contributed by atoms with E-state index in [-0.39, 0.29) is 23.7 Å². The van der Waals surface area contributed by atoms with Crippen LogP contribution in [0.2, 0.25) is 0 Å². The molecule has 3 N–H and O–H groups in total. The van der Waals surface area contributed by atoms with Crippen LogP contribution in [0.25, 0.3) is 0 Å². The number of primary sulfonamides is 1. The van der Waals surface area contributed by atoms with Crippen LogP contribution in [0, 0.1) is 0 Å². The Kier molecular flexibility index (Phi) is 4.64. The standard InChI is InChI=1S/C9H16N4O3S/c1-2-5-13-6-3-11-8(9(13)14)12-4-7-17(10,15)16/h3,6H,2,4-5,7H2,1H3,(H,11,12)(H2,10,15,16). The number of nitrogens with two attached hydrogens (primary N) is 1. The van der Waals surface area contributed by atoms with Gasteiger partial charge in [-0.2, -0.15) is 0 Å². The third kappa shape index (κ3) is 4.53. The average molecular weight is 260 g/mol. The van der Waals surface area contributed by atoms with Gasteiger partial charge in [-0.25, -0.2) is 18.5 Å². The number of sulfonamides is 1. The fourth-order valence-corrected chi connectivity index (χ4v) is 1.68. The highest BCUT2D eigenvalue weighted by molar-refractivity contribution is 7.89. The van der Waals surface area contributed by atoms with Gasteiger partial charge >= 0.3 is 0 Å². The zero-order valence-corrected chi connectivity index (χ0v) is 10.4. The molecule has 0 aliphatic heterocycles. The second-order valence-corrected chi connectivity index (χ2v) is 5.30. The van der Waals surface area contributed by atoms with Gasteiger partial charge in [0, 0.05) is 25.5 Å². The van der Waals surface area contributed by atoms with E-state index < -0.39 is 10.0 Å². The van der Waals surface area contributed by atoms with Crippen LogP contribution in [0.1, 0.15) is 13.3 Å². The van der Waals surface area contributed by atoms with Crippen LogP contribution in [0.4, 0.5) is 5.82 Å². The first-order valence-electron chi connectivity index (χ1n) is 5.24.